The van der Waals surface area contributed by atoms with Crippen molar-refractivity contribution in [2.24, 2.45) is 5.92 Å². The van der Waals surface area contributed by atoms with E-state index in [0.717, 1.165) is 6.07 Å². The highest BCUT2D eigenvalue weighted by atomic mass is 32.2. The number of sulfonamides is 1. The van der Waals surface area contributed by atoms with Gasteiger partial charge in [0.15, 0.2) is 0 Å². The van der Waals surface area contributed by atoms with Gasteiger partial charge in [0.2, 0.25) is 10.0 Å². The van der Waals surface area contributed by atoms with Crippen LogP contribution in [0.25, 0.3) is 0 Å². The molecule has 0 aliphatic carbocycles. The van der Waals surface area contributed by atoms with Gasteiger partial charge in [-0.2, -0.15) is 5.26 Å². The summed E-state index contributed by atoms with van der Waals surface area (Å²) in [5, 5.41) is 17.3. The fourth-order valence-electron chi connectivity index (χ4n) is 1.16. The maximum atomic E-state index is 11.8. The van der Waals surface area contributed by atoms with E-state index >= 15 is 0 Å². The van der Waals surface area contributed by atoms with Gasteiger partial charge in [0.25, 0.3) is 0 Å². The smallest absolute Gasteiger partial charge is 0.335 e. The molecule has 1 unspecified atom stereocenters. The van der Waals surface area contributed by atoms with Crippen molar-refractivity contribution in [2.75, 3.05) is 6.54 Å². The predicted octanol–water partition coefficient (Wildman–Crippen LogP) is 0.823. The summed E-state index contributed by atoms with van der Waals surface area (Å²) in [5.74, 6) is -1.65. The Labute approximate surface area is 105 Å². The summed E-state index contributed by atoms with van der Waals surface area (Å²) in [5.41, 5.74) is -0.105. The Hall–Kier alpha value is -1.91. The molecule has 1 atom stereocenters. The number of nitrogens with one attached hydrogen (secondary N) is 1. The van der Waals surface area contributed by atoms with E-state index in [1.165, 1.54) is 18.2 Å². The quantitative estimate of drug-likeness (QED) is 0.822. The summed E-state index contributed by atoms with van der Waals surface area (Å²) >= 11 is 0. The molecule has 6 nitrogen and oxygen atoms in total. The van der Waals surface area contributed by atoms with Crippen LogP contribution in [0.1, 0.15) is 17.3 Å². The molecule has 0 aromatic heterocycles. The third kappa shape index (κ3) is 3.55. The van der Waals surface area contributed by atoms with E-state index in [-0.39, 0.29) is 17.0 Å². The van der Waals surface area contributed by atoms with Gasteiger partial charge in [0.05, 0.1) is 22.4 Å². The van der Waals surface area contributed by atoms with Crippen LogP contribution in [0, 0.1) is 17.2 Å². The van der Waals surface area contributed by atoms with Crippen LogP contribution in [0.4, 0.5) is 0 Å². The van der Waals surface area contributed by atoms with E-state index in [0.29, 0.717) is 0 Å². The zero-order valence-corrected chi connectivity index (χ0v) is 10.4. The summed E-state index contributed by atoms with van der Waals surface area (Å²) in [6.07, 6.45) is 0. The number of aromatic carboxylic acids is 1. The van der Waals surface area contributed by atoms with Crippen molar-refractivity contribution in [3.8, 4) is 6.07 Å². The van der Waals surface area contributed by atoms with Crippen LogP contribution in [0.5, 0.6) is 0 Å². The van der Waals surface area contributed by atoms with Crippen LogP contribution in [0.2, 0.25) is 0 Å². The lowest BCUT2D eigenvalue weighted by Gasteiger charge is -2.08. The Balaban J connectivity index is 2.95. The largest absolute Gasteiger partial charge is 0.478 e. The molecule has 2 N–H and O–H groups in total. The van der Waals surface area contributed by atoms with Crippen LogP contribution < -0.4 is 4.72 Å². The minimum absolute atomic E-state index is 0.0177. The van der Waals surface area contributed by atoms with Crippen molar-refractivity contribution in [3.05, 3.63) is 29.8 Å². The number of benzene rings is 1. The minimum atomic E-state index is -3.79. The van der Waals surface area contributed by atoms with E-state index in [2.05, 4.69) is 4.72 Å². The van der Waals surface area contributed by atoms with Crippen LogP contribution in [-0.4, -0.2) is 26.0 Å². The first-order valence-electron chi connectivity index (χ1n) is 5.09. The maximum absolute atomic E-state index is 11.8. The molecule has 0 heterocycles. The van der Waals surface area contributed by atoms with E-state index in [1.54, 1.807) is 6.92 Å². The zero-order chi connectivity index (χ0) is 13.8. The number of nitriles is 1. The van der Waals surface area contributed by atoms with Gasteiger partial charge in [-0.25, -0.2) is 17.9 Å². The third-order valence-corrected chi connectivity index (χ3v) is 3.61. The number of nitrogens with zero attached hydrogens (tertiary/aromatic N) is 1. The molecule has 1 aromatic rings. The molecule has 0 saturated heterocycles. The Kier molecular flexibility index (Phi) is 4.42. The molecule has 0 spiro atoms. The Morgan fingerprint density at radius 3 is 2.78 bits per heavy atom. The standard InChI is InChI=1S/C11H12N2O4S/c1-8(6-12)7-13-18(16,17)10-4-2-3-9(5-10)11(14)15/h2-5,8,13H,7H2,1H3,(H,14,15). The molecule has 0 saturated carbocycles. The van der Waals surface area contributed by atoms with Gasteiger partial charge in [0.1, 0.15) is 0 Å². The highest BCUT2D eigenvalue weighted by Gasteiger charge is 2.16. The van der Waals surface area contributed by atoms with Gasteiger partial charge in [-0.15, -0.1) is 0 Å². The van der Waals surface area contributed by atoms with E-state index in [1.807, 2.05) is 6.07 Å². The normalized spacial score (nSPS) is 12.7. The van der Waals surface area contributed by atoms with E-state index in [9.17, 15) is 13.2 Å². The van der Waals surface area contributed by atoms with Crippen LogP contribution in [0.15, 0.2) is 29.2 Å². The molecule has 96 valence electrons. The molecule has 0 aliphatic heterocycles. The Morgan fingerprint density at radius 1 is 1.56 bits per heavy atom. The van der Waals surface area contributed by atoms with Gasteiger partial charge in [-0.05, 0) is 25.1 Å². The number of carbonyl (C=O) groups is 1. The minimum Gasteiger partial charge on any atom is -0.478 e. The number of hydrogen-bond donors (Lipinski definition) is 2. The van der Waals surface area contributed by atoms with Crippen LogP contribution in [0.3, 0.4) is 0 Å². The van der Waals surface area contributed by atoms with Crippen molar-refractivity contribution in [1.82, 2.24) is 4.72 Å². The van der Waals surface area contributed by atoms with E-state index in [4.69, 9.17) is 10.4 Å². The van der Waals surface area contributed by atoms with E-state index < -0.39 is 21.9 Å². The summed E-state index contributed by atoms with van der Waals surface area (Å²) < 4.78 is 25.9. The van der Waals surface area contributed by atoms with Crippen LogP contribution in [-0.2, 0) is 10.0 Å². The SMILES string of the molecule is CC(C#N)CNS(=O)(=O)c1cccc(C(=O)O)c1. The average molecular weight is 268 g/mol. The number of carboxylic acids is 1. The molecule has 0 aliphatic rings. The first-order chi connectivity index (χ1) is 8.36. The Bertz CT molecular complexity index is 589. The zero-order valence-electron chi connectivity index (χ0n) is 9.62. The average Bonchev–Trinajstić information content (AvgIpc) is 2.36. The van der Waals surface area contributed by atoms with Gasteiger partial charge < -0.3 is 5.11 Å². The molecule has 1 aromatic carbocycles. The lowest BCUT2D eigenvalue weighted by atomic mass is 10.2. The van der Waals surface area contributed by atoms with Gasteiger partial charge in [-0.1, -0.05) is 6.07 Å². The number of carboxylic acid groups (broad SMARTS) is 1. The van der Waals surface area contributed by atoms with Crippen molar-refractivity contribution in [3.63, 3.8) is 0 Å². The molecule has 0 bridgehead atoms. The number of rotatable bonds is 5. The topological polar surface area (TPSA) is 107 Å². The second-order valence-electron chi connectivity index (χ2n) is 3.72. The maximum Gasteiger partial charge on any atom is 0.335 e. The summed E-state index contributed by atoms with van der Waals surface area (Å²) in [6.45, 7) is 1.56. The summed E-state index contributed by atoms with van der Waals surface area (Å²) in [7, 11) is -3.79. The third-order valence-electron chi connectivity index (χ3n) is 2.19. The monoisotopic (exact) mass is 268 g/mol. The van der Waals surface area contributed by atoms with Crippen LogP contribution >= 0.6 is 0 Å². The second-order valence-corrected chi connectivity index (χ2v) is 5.48. The molecule has 18 heavy (non-hydrogen) atoms. The molecular weight excluding hydrogens is 256 g/mol. The predicted molar refractivity (Wildman–Crippen MR) is 63.4 cm³/mol. The highest BCUT2D eigenvalue weighted by Crippen LogP contribution is 2.11. The van der Waals surface area contributed by atoms with Crippen molar-refractivity contribution in [1.29, 1.82) is 5.26 Å². The first kappa shape index (κ1) is 14.2. The highest BCUT2D eigenvalue weighted by molar-refractivity contribution is 7.89. The summed E-state index contributed by atoms with van der Waals surface area (Å²) in [4.78, 5) is 10.6. The molecule has 0 amide bonds. The van der Waals surface area contributed by atoms with Gasteiger partial charge in [0, 0.05) is 6.54 Å². The second kappa shape index (κ2) is 5.62. The fraction of sp³-hybridized carbons (Fsp3) is 0.273. The first-order valence-corrected chi connectivity index (χ1v) is 6.58. The van der Waals surface area contributed by atoms with Gasteiger partial charge >= 0.3 is 5.97 Å². The van der Waals surface area contributed by atoms with Crippen molar-refractivity contribution < 1.29 is 18.3 Å². The fourth-order valence-corrected chi connectivity index (χ4v) is 2.34. The Morgan fingerprint density at radius 2 is 2.22 bits per heavy atom. The lowest BCUT2D eigenvalue weighted by molar-refractivity contribution is 0.0696. The number of hydrogen-bond acceptors (Lipinski definition) is 4. The molecule has 0 fully saturated rings. The van der Waals surface area contributed by atoms with Crippen molar-refractivity contribution in [2.45, 2.75) is 11.8 Å². The molecule has 0 radical (unpaired) electrons. The van der Waals surface area contributed by atoms with Crippen molar-refractivity contribution >= 4 is 16.0 Å². The molecule has 1 rings (SSSR count). The molecule has 7 heteroatoms. The summed E-state index contributed by atoms with van der Waals surface area (Å²) in [6, 6.07) is 6.92. The molecular formula is C11H12N2O4S. The van der Waals surface area contributed by atoms with Gasteiger partial charge in [-0.3, -0.25) is 0 Å². The lowest BCUT2D eigenvalue weighted by Crippen LogP contribution is -2.28.